The summed E-state index contributed by atoms with van der Waals surface area (Å²) in [6, 6.07) is 11.7. The summed E-state index contributed by atoms with van der Waals surface area (Å²) in [5.74, 6) is 0.816. The summed E-state index contributed by atoms with van der Waals surface area (Å²) in [4.78, 5) is 5.36. The van der Waals surface area contributed by atoms with Crippen LogP contribution < -0.4 is 0 Å². The van der Waals surface area contributed by atoms with Gasteiger partial charge in [0.25, 0.3) is 0 Å². The molecule has 0 fully saturated rings. The number of aliphatic hydroxyl groups is 1. The van der Waals surface area contributed by atoms with Crippen LogP contribution in [0.1, 0.15) is 30.7 Å². The number of nitrogens with zero attached hydrogens (tertiary/aromatic N) is 1. The van der Waals surface area contributed by atoms with Crippen molar-refractivity contribution in [2.75, 3.05) is 0 Å². The number of hydrogen-bond acceptors (Lipinski definition) is 3. The van der Waals surface area contributed by atoms with Crippen molar-refractivity contribution < 1.29 is 5.11 Å². The number of thioether (sulfide) groups is 1. The lowest BCUT2D eigenvalue weighted by molar-refractivity contribution is 0.169. The van der Waals surface area contributed by atoms with Gasteiger partial charge >= 0.3 is 0 Å². The van der Waals surface area contributed by atoms with Gasteiger partial charge in [-0.3, -0.25) is 4.98 Å². The van der Waals surface area contributed by atoms with E-state index in [4.69, 9.17) is 11.6 Å². The Hall–Kier alpha value is -1.03. The average molecular weight is 294 g/mol. The van der Waals surface area contributed by atoms with Gasteiger partial charge in [0.15, 0.2) is 0 Å². The number of halogens is 1. The summed E-state index contributed by atoms with van der Waals surface area (Å²) < 4.78 is 0. The van der Waals surface area contributed by atoms with Gasteiger partial charge in [0.2, 0.25) is 0 Å². The minimum absolute atomic E-state index is 0.470. The standard InChI is InChI=1S/C15H16ClNOS/c1-2-15(18)14-8-7-12(9-17-14)19-10-11-5-3-4-6-13(11)16/h3-9,15,18H,2,10H2,1H3. The van der Waals surface area contributed by atoms with E-state index in [-0.39, 0.29) is 0 Å². The molecule has 1 aromatic carbocycles. The highest BCUT2D eigenvalue weighted by atomic mass is 35.5. The quantitative estimate of drug-likeness (QED) is 0.826. The molecule has 2 rings (SSSR count). The highest BCUT2D eigenvalue weighted by Crippen LogP contribution is 2.26. The number of rotatable bonds is 5. The Morgan fingerprint density at radius 2 is 2.05 bits per heavy atom. The molecule has 4 heteroatoms. The predicted octanol–water partition coefficient (Wildman–Crippen LogP) is 4.47. The Labute approximate surface area is 122 Å². The topological polar surface area (TPSA) is 33.1 Å². The van der Waals surface area contributed by atoms with E-state index in [2.05, 4.69) is 4.98 Å². The number of benzene rings is 1. The van der Waals surface area contributed by atoms with Crippen molar-refractivity contribution in [1.82, 2.24) is 4.98 Å². The van der Waals surface area contributed by atoms with Crippen LogP contribution in [-0.2, 0) is 5.75 Å². The van der Waals surface area contributed by atoms with Crippen molar-refractivity contribution in [1.29, 1.82) is 0 Å². The van der Waals surface area contributed by atoms with Gasteiger partial charge in [0, 0.05) is 21.9 Å². The summed E-state index contributed by atoms with van der Waals surface area (Å²) in [6.07, 6.45) is 2.01. The van der Waals surface area contributed by atoms with Crippen molar-refractivity contribution in [3.8, 4) is 0 Å². The molecule has 0 saturated carbocycles. The van der Waals surface area contributed by atoms with Gasteiger partial charge < -0.3 is 5.11 Å². The Kier molecular flexibility index (Phi) is 5.25. The van der Waals surface area contributed by atoms with Crippen molar-refractivity contribution in [3.05, 3.63) is 58.9 Å². The maximum Gasteiger partial charge on any atom is 0.0957 e. The van der Waals surface area contributed by atoms with Crippen LogP contribution >= 0.6 is 23.4 Å². The van der Waals surface area contributed by atoms with E-state index < -0.39 is 6.10 Å². The number of aromatic nitrogens is 1. The molecule has 0 bridgehead atoms. The Morgan fingerprint density at radius 3 is 2.68 bits per heavy atom. The first-order valence-corrected chi connectivity index (χ1v) is 7.57. The summed E-state index contributed by atoms with van der Waals surface area (Å²) in [5, 5.41) is 10.5. The summed E-state index contributed by atoms with van der Waals surface area (Å²) in [5.41, 5.74) is 1.84. The lowest BCUT2D eigenvalue weighted by Crippen LogP contribution is -1.97. The zero-order valence-corrected chi connectivity index (χ0v) is 12.3. The van der Waals surface area contributed by atoms with Crippen LogP contribution in [0.4, 0.5) is 0 Å². The molecular formula is C15H16ClNOS. The number of hydrogen-bond donors (Lipinski definition) is 1. The van der Waals surface area contributed by atoms with Crippen molar-refractivity contribution in [3.63, 3.8) is 0 Å². The summed E-state index contributed by atoms with van der Waals surface area (Å²) in [6.45, 7) is 1.94. The third-order valence-electron chi connectivity index (χ3n) is 2.84. The van der Waals surface area contributed by atoms with Gasteiger partial charge in [-0.25, -0.2) is 0 Å². The largest absolute Gasteiger partial charge is 0.387 e. The molecular weight excluding hydrogens is 278 g/mol. The predicted molar refractivity (Wildman–Crippen MR) is 80.5 cm³/mol. The highest BCUT2D eigenvalue weighted by Gasteiger charge is 2.06. The van der Waals surface area contributed by atoms with Gasteiger partial charge in [-0.2, -0.15) is 0 Å². The molecule has 100 valence electrons. The van der Waals surface area contributed by atoms with Crippen LogP contribution in [0.3, 0.4) is 0 Å². The zero-order chi connectivity index (χ0) is 13.7. The molecule has 0 spiro atoms. The van der Waals surface area contributed by atoms with E-state index in [1.807, 2.05) is 43.3 Å². The van der Waals surface area contributed by atoms with Crippen molar-refractivity contribution in [2.45, 2.75) is 30.1 Å². The summed E-state index contributed by atoms with van der Waals surface area (Å²) in [7, 11) is 0. The molecule has 2 nitrogen and oxygen atoms in total. The molecule has 19 heavy (non-hydrogen) atoms. The maximum absolute atomic E-state index is 9.68. The van der Waals surface area contributed by atoms with Gasteiger partial charge in [-0.1, -0.05) is 36.7 Å². The van der Waals surface area contributed by atoms with Crippen molar-refractivity contribution in [2.24, 2.45) is 0 Å². The molecule has 2 aromatic rings. The maximum atomic E-state index is 9.68. The first-order valence-electron chi connectivity index (χ1n) is 6.21. The molecule has 0 saturated heterocycles. The molecule has 1 N–H and O–H groups in total. The van der Waals surface area contributed by atoms with Crippen LogP contribution in [0.5, 0.6) is 0 Å². The fraction of sp³-hybridized carbons (Fsp3) is 0.267. The van der Waals surface area contributed by atoms with Gasteiger partial charge in [0.05, 0.1) is 11.8 Å². The first kappa shape index (κ1) is 14.4. The molecule has 1 atom stereocenters. The van der Waals surface area contributed by atoms with Gasteiger partial charge in [-0.05, 0) is 30.2 Å². The lowest BCUT2D eigenvalue weighted by atomic mass is 10.2. The van der Waals surface area contributed by atoms with Crippen LogP contribution in [0.25, 0.3) is 0 Å². The molecule has 0 aliphatic carbocycles. The monoisotopic (exact) mass is 293 g/mol. The van der Waals surface area contributed by atoms with Crippen LogP contribution in [0, 0.1) is 0 Å². The third kappa shape index (κ3) is 3.96. The van der Waals surface area contributed by atoms with E-state index in [0.29, 0.717) is 6.42 Å². The van der Waals surface area contributed by atoms with E-state index in [9.17, 15) is 5.11 Å². The van der Waals surface area contributed by atoms with E-state index in [1.165, 1.54) is 0 Å². The highest BCUT2D eigenvalue weighted by molar-refractivity contribution is 7.98. The molecule has 0 aliphatic rings. The van der Waals surface area contributed by atoms with E-state index >= 15 is 0 Å². The smallest absolute Gasteiger partial charge is 0.0957 e. The normalized spacial score (nSPS) is 12.4. The molecule has 1 heterocycles. The second-order valence-electron chi connectivity index (χ2n) is 4.22. The number of aliphatic hydroxyl groups excluding tert-OH is 1. The molecule has 1 aromatic heterocycles. The van der Waals surface area contributed by atoms with Crippen LogP contribution in [-0.4, -0.2) is 10.1 Å². The Bertz CT molecular complexity index is 530. The third-order valence-corrected chi connectivity index (χ3v) is 4.24. The Balaban J connectivity index is 1.99. The first-order chi connectivity index (χ1) is 9.20. The lowest BCUT2D eigenvalue weighted by Gasteiger charge is -2.08. The molecule has 0 aliphatic heterocycles. The van der Waals surface area contributed by atoms with Gasteiger partial charge in [-0.15, -0.1) is 11.8 Å². The van der Waals surface area contributed by atoms with Crippen LogP contribution in [0.2, 0.25) is 5.02 Å². The molecule has 0 amide bonds. The SMILES string of the molecule is CCC(O)c1ccc(SCc2ccccc2Cl)cn1. The summed E-state index contributed by atoms with van der Waals surface area (Å²) >= 11 is 7.80. The second kappa shape index (κ2) is 6.94. The minimum Gasteiger partial charge on any atom is -0.387 e. The van der Waals surface area contributed by atoms with E-state index in [1.54, 1.807) is 18.0 Å². The zero-order valence-electron chi connectivity index (χ0n) is 10.7. The minimum atomic E-state index is -0.470. The number of pyridine rings is 1. The average Bonchev–Trinajstić information content (AvgIpc) is 2.46. The van der Waals surface area contributed by atoms with Gasteiger partial charge in [0.1, 0.15) is 0 Å². The molecule has 0 radical (unpaired) electrons. The Morgan fingerprint density at radius 1 is 1.26 bits per heavy atom. The fourth-order valence-corrected chi connectivity index (χ4v) is 2.81. The second-order valence-corrected chi connectivity index (χ2v) is 5.68. The molecule has 1 unspecified atom stereocenters. The van der Waals surface area contributed by atoms with Crippen molar-refractivity contribution >= 4 is 23.4 Å². The fourth-order valence-electron chi connectivity index (χ4n) is 1.66. The van der Waals surface area contributed by atoms with E-state index in [0.717, 1.165) is 26.9 Å². The van der Waals surface area contributed by atoms with Crippen LogP contribution in [0.15, 0.2) is 47.5 Å².